The molecule has 0 aromatic heterocycles. The van der Waals surface area contributed by atoms with Crippen LogP contribution in [0.5, 0.6) is 5.75 Å². The molecule has 0 bridgehead atoms. The average Bonchev–Trinajstić information content (AvgIpc) is 2.47. The summed E-state index contributed by atoms with van der Waals surface area (Å²) in [6.07, 6.45) is 4.37. The van der Waals surface area contributed by atoms with E-state index in [-0.39, 0.29) is 16.5 Å². The van der Waals surface area contributed by atoms with Crippen molar-refractivity contribution in [2.75, 3.05) is 6.54 Å². The monoisotopic (exact) mass is 313 g/mol. The predicted octanol–water partition coefficient (Wildman–Crippen LogP) is 4.80. The molecular formula is C17H25ClFNO. The van der Waals surface area contributed by atoms with Gasteiger partial charge >= 0.3 is 0 Å². The van der Waals surface area contributed by atoms with Gasteiger partial charge in [-0.05, 0) is 37.9 Å². The number of rotatable bonds is 7. The van der Waals surface area contributed by atoms with E-state index in [1.54, 1.807) is 12.1 Å². The lowest BCUT2D eigenvalue weighted by Crippen LogP contribution is -2.64. The van der Waals surface area contributed by atoms with Crippen LogP contribution in [0.1, 0.15) is 46.5 Å². The molecule has 0 saturated heterocycles. The van der Waals surface area contributed by atoms with E-state index in [2.05, 4.69) is 26.1 Å². The van der Waals surface area contributed by atoms with Gasteiger partial charge in [0.2, 0.25) is 0 Å². The molecule has 118 valence electrons. The van der Waals surface area contributed by atoms with Crippen LogP contribution in [0.25, 0.3) is 0 Å². The van der Waals surface area contributed by atoms with E-state index in [0.717, 1.165) is 32.2 Å². The summed E-state index contributed by atoms with van der Waals surface area (Å²) in [6, 6.07) is 5.17. The number of ether oxygens (including phenoxy) is 1. The van der Waals surface area contributed by atoms with Gasteiger partial charge in [0.15, 0.2) is 0 Å². The Hall–Kier alpha value is -0.800. The Balaban J connectivity index is 2.07. The van der Waals surface area contributed by atoms with Gasteiger partial charge in [-0.2, -0.15) is 0 Å². The number of hydrogen-bond acceptors (Lipinski definition) is 2. The number of nitrogens with one attached hydrogen (secondary N) is 1. The fraction of sp³-hybridized carbons (Fsp3) is 0.647. The molecule has 1 aromatic carbocycles. The van der Waals surface area contributed by atoms with E-state index in [1.807, 2.05) is 0 Å². The van der Waals surface area contributed by atoms with Gasteiger partial charge in [0.05, 0.1) is 5.02 Å². The molecule has 1 N–H and O–H groups in total. The summed E-state index contributed by atoms with van der Waals surface area (Å²) in [6.45, 7) is 7.63. The second-order valence-corrected chi connectivity index (χ2v) is 6.27. The molecule has 21 heavy (non-hydrogen) atoms. The normalized spacial score (nSPS) is 23.7. The highest BCUT2D eigenvalue weighted by Gasteiger charge is 2.53. The number of benzene rings is 1. The molecule has 1 saturated carbocycles. The maximum atomic E-state index is 13.5. The Labute approximate surface area is 132 Å². The van der Waals surface area contributed by atoms with E-state index < -0.39 is 5.82 Å². The molecule has 2 rings (SSSR count). The van der Waals surface area contributed by atoms with Crippen molar-refractivity contribution in [2.45, 2.75) is 58.6 Å². The Morgan fingerprint density at radius 3 is 2.62 bits per heavy atom. The van der Waals surface area contributed by atoms with Crippen LogP contribution in [0.15, 0.2) is 18.2 Å². The summed E-state index contributed by atoms with van der Waals surface area (Å²) >= 11 is 5.72. The predicted molar refractivity (Wildman–Crippen MR) is 85.5 cm³/mol. The van der Waals surface area contributed by atoms with E-state index in [1.165, 1.54) is 6.07 Å². The zero-order valence-corrected chi connectivity index (χ0v) is 13.8. The Morgan fingerprint density at radius 2 is 2.05 bits per heavy atom. The molecule has 1 fully saturated rings. The molecule has 0 amide bonds. The lowest BCUT2D eigenvalue weighted by Gasteiger charge is -2.55. The molecular weight excluding hydrogens is 289 g/mol. The molecule has 2 atom stereocenters. The van der Waals surface area contributed by atoms with Crippen LogP contribution in [-0.2, 0) is 0 Å². The summed E-state index contributed by atoms with van der Waals surface area (Å²) in [4.78, 5) is 0. The van der Waals surface area contributed by atoms with E-state index in [4.69, 9.17) is 16.3 Å². The van der Waals surface area contributed by atoms with E-state index in [0.29, 0.717) is 11.8 Å². The second-order valence-electron chi connectivity index (χ2n) is 5.87. The van der Waals surface area contributed by atoms with Gasteiger partial charge in [0, 0.05) is 23.9 Å². The molecule has 1 aliphatic carbocycles. The average molecular weight is 314 g/mol. The fourth-order valence-electron chi connectivity index (χ4n) is 3.43. The summed E-state index contributed by atoms with van der Waals surface area (Å²) in [5.74, 6) is 0.148. The van der Waals surface area contributed by atoms with Crippen molar-refractivity contribution in [1.82, 2.24) is 5.32 Å². The van der Waals surface area contributed by atoms with Gasteiger partial charge in [0.25, 0.3) is 0 Å². The Bertz CT molecular complexity index is 476. The van der Waals surface area contributed by atoms with Crippen molar-refractivity contribution in [1.29, 1.82) is 0 Å². The smallest absolute Gasteiger partial charge is 0.145 e. The van der Waals surface area contributed by atoms with E-state index in [9.17, 15) is 4.39 Å². The minimum Gasteiger partial charge on any atom is -0.490 e. The first-order valence-electron chi connectivity index (χ1n) is 7.92. The standard InChI is InChI=1S/C17H25ClFNO/c1-4-9-20-15-11-16(17(15,5-2)6-3)21-12-7-8-13(18)14(19)10-12/h7-8,10,15-16,20H,4-6,9,11H2,1-3H3. The van der Waals surface area contributed by atoms with Crippen molar-refractivity contribution in [2.24, 2.45) is 5.41 Å². The molecule has 1 aliphatic rings. The van der Waals surface area contributed by atoms with Gasteiger partial charge in [-0.1, -0.05) is 32.4 Å². The Morgan fingerprint density at radius 1 is 1.33 bits per heavy atom. The molecule has 0 spiro atoms. The molecule has 1 aromatic rings. The molecule has 0 heterocycles. The van der Waals surface area contributed by atoms with Gasteiger partial charge in [0.1, 0.15) is 17.7 Å². The summed E-state index contributed by atoms with van der Waals surface area (Å²) in [5, 5.41) is 3.76. The highest BCUT2D eigenvalue weighted by Crippen LogP contribution is 2.49. The van der Waals surface area contributed by atoms with Crippen LogP contribution >= 0.6 is 11.6 Å². The minimum absolute atomic E-state index is 0.135. The van der Waals surface area contributed by atoms with Crippen LogP contribution in [0.4, 0.5) is 4.39 Å². The van der Waals surface area contributed by atoms with Crippen molar-refractivity contribution in [3.63, 3.8) is 0 Å². The van der Waals surface area contributed by atoms with Gasteiger partial charge in [-0.3, -0.25) is 0 Å². The third-order valence-electron chi connectivity index (χ3n) is 4.91. The van der Waals surface area contributed by atoms with Gasteiger partial charge in [-0.25, -0.2) is 4.39 Å². The first-order chi connectivity index (χ1) is 10.1. The Kier molecular flexibility index (Phi) is 5.50. The highest BCUT2D eigenvalue weighted by atomic mass is 35.5. The maximum absolute atomic E-state index is 13.5. The lowest BCUT2D eigenvalue weighted by atomic mass is 9.58. The summed E-state index contributed by atoms with van der Waals surface area (Å²) in [5.41, 5.74) is 0.144. The van der Waals surface area contributed by atoms with Gasteiger partial charge in [-0.15, -0.1) is 0 Å². The molecule has 2 nitrogen and oxygen atoms in total. The first-order valence-corrected chi connectivity index (χ1v) is 8.30. The second kappa shape index (κ2) is 6.97. The van der Waals surface area contributed by atoms with Crippen molar-refractivity contribution < 1.29 is 9.13 Å². The highest BCUT2D eigenvalue weighted by molar-refractivity contribution is 6.30. The van der Waals surface area contributed by atoms with Crippen molar-refractivity contribution in [3.8, 4) is 5.75 Å². The third kappa shape index (κ3) is 3.19. The van der Waals surface area contributed by atoms with Crippen LogP contribution in [0.3, 0.4) is 0 Å². The number of hydrogen-bond donors (Lipinski definition) is 1. The van der Waals surface area contributed by atoms with Crippen LogP contribution in [0, 0.1) is 11.2 Å². The first kappa shape index (κ1) is 16.6. The summed E-state index contributed by atoms with van der Waals surface area (Å²) < 4.78 is 19.6. The van der Waals surface area contributed by atoms with Crippen LogP contribution in [0.2, 0.25) is 5.02 Å². The minimum atomic E-state index is -0.423. The SMILES string of the molecule is CCCNC1CC(Oc2ccc(Cl)c(F)c2)C1(CC)CC. The molecule has 2 unspecified atom stereocenters. The lowest BCUT2D eigenvalue weighted by molar-refractivity contribution is -0.0859. The van der Waals surface area contributed by atoms with E-state index >= 15 is 0 Å². The van der Waals surface area contributed by atoms with Gasteiger partial charge < -0.3 is 10.1 Å². The maximum Gasteiger partial charge on any atom is 0.145 e. The number of halogens is 2. The molecule has 4 heteroatoms. The fourth-order valence-corrected chi connectivity index (χ4v) is 3.55. The van der Waals surface area contributed by atoms with Crippen molar-refractivity contribution >= 4 is 11.6 Å². The molecule has 0 aliphatic heterocycles. The topological polar surface area (TPSA) is 21.3 Å². The zero-order chi connectivity index (χ0) is 15.5. The quantitative estimate of drug-likeness (QED) is 0.780. The van der Waals surface area contributed by atoms with Crippen LogP contribution < -0.4 is 10.1 Å². The third-order valence-corrected chi connectivity index (χ3v) is 5.22. The zero-order valence-electron chi connectivity index (χ0n) is 13.1. The van der Waals surface area contributed by atoms with Crippen LogP contribution in [-0.4, -0.2) is 18.7 Å². The molecule has 0 radical (unpaired) electrons. The van der Waals surface area contributed by atoms with Crippen molar-refractivity contribution in [3.05, 3.63) is 29.0 Å². The largest absolute Gasteiger partial charge is 0.490 e. The summed E-state index contributed by atoms with van der Waals surface area (Å²) in [7, 11) is 0.